The van der Waals surface area contributed by atoms with E-state index in [9.17, 15) is 0 Å². The SMILES string of the molecule is COc1ccc2cn(C)nc2n1. The summed E-state index contributed by atoms with van der Waals surface area (Å²) in [5.74, 6) is 0.598. The quantitative estimate of drug-likeness (QED) is 0.629. The second-order valence-electron chi connectivity index (χ2n) is 2.57. The second kappa shape index (κ2) is 2.48. The van der Waals surface area contributed by atoms with Crippen molar-refractivity contribution in [3.05, 3.63) is 18.3 Å². The van der Waals surface area contributed by atoms with Crippen molar-refractivity contribution >= 4 is 11.0 Å². The molecule has 0 saturated carbocycles. The minimum absolute atomic E-state index is 0.598. The third-order valence-corrected chi connectivity index (χ3v) is 1.67. The minimum atomic E-state index is 0.598. The summed E-state index contributed by atoms with van der Waals surface area (Å²) in [7, 11) is 3.46. The Kier molecular flexibility index (Phi) is 1.46. The van der Waals surface area contributed by atoms with E-state index in [2.05, 4.69) is 10.1 Å². The van der Waals surface area contributed by atoms with Gasteiger partial charge in [0.25, 0.3) is 0 Å². The molecule has 0 amide bonds. The summed E-state index contributed by atoms with van der Waals surface area (Å²) in [4.78, 5) is 4.16. The van der Waals surface area contributed by atoms with Crippen molar-refractivity contribution in [3.8, 4) is 5.88 Å². The monoisotopic (exact) mass is 163 g/mol. The van der Waals surface area contributed by atoms with E-state index < -0.39 is 0 Å². The molecule has 0 aliphatic heterocycles. The molecule has 0 bridgehead atoms. The highest BCUT2D eigenvalue weighted by Gasteiger charge is 2.00. The number of rotatable bonds is 1. The summed E-state index contributed by atoms with van der Waals surface area (Å²) in [5.41, 5.74) is 0.719. The lowest BCUT2D eigenvalue weighted by Crippen LogP contribution is -1.88. The molecule has 2 rings (SSSR count). The van der Waals surface area contributed by atoms with Gasteiger partial charge in [0.1, 0.15) is 0 Å². The molecule has 12 heavy (non-hydrogen) atoms. The lowest BCUT2D eigenvalue weighted by atomic mass is 10.3. The molecule has 0 aliphatic carbocycles. The lowest BCUT2D eigenvalue weighted by molar-refractivity contribution is 0.399. The standard InChI is InChI=1S/C8H9N3O/c1-11-5-6-3-4-7(12-2)9-8(6)10-11/h3-5H,1-2H3. The van der Waals surface area contributed by atoms with Crippen LogP contribution in [-0.2, 0) is 7.05 Å². The first-order chi connectivity index (χ1) is 5.79. The number of aromatic nitrogens is 3. The molecule has 0 aliphatic rings. The predicted octanol–water partition coefficient (Wildman–Crippen LogP) is 0.977. The van der Waals surface area contributed by atoms with Crippen LogP contribution in [0.25, 0.3) is 11.0 Å². The van der Waals surface area contributed by atoms with Crippen LogP contribution in [0.5, 0.6) is 5.88 Å². The van der Waals surface area contributed by atoms with Gasteiger partial charge >= 0.3 is 0 Å². The summed E-state index contributed by atoms with van der Waals surface area (Å²) in [6.07, 6.45) is 1.92. The molecule has 0 N–H and O–H groups in total. The molecule has 0 unspecified atom stereocenters. The number of hydrogen-bond donors (Lipinski definition) is 0. The van der Waals surface area contributed by atoms with Gasteiger partial charge in [-0.25, -0.2) is 0 Å². The van der Waals surface area contributed by atoms with Gasteiger partial charge in [0.15, 0.2) is 5.65 Å². The van der Waals surface area contributed by atoms with Crippen LogP contribution in [0.3, 0.4) is 0 Å². The zero-order chi connectivity index (χ0) is 8.55. The summed E-state index contributed by atoms with van der Waals surface area (Å²) in [5, 5.41) is 5.17. The molecule has 0 fully saturated rings. The maximum absolute atomic E-state index is 4.97. The molecule has 0 spiro atoms. The highest BCUT2D eigenvalue weighted by atomic mass is 16.5. The van der Waals surface area contributed by atoms with E-state index in [1.165, 1.54) is 0 Å². The Labute approximate surface area is 69.8 Å². The van der Waals surface area contributed by atoms with E-state index in [1.54, 1.807) is 11.8 Å². The molecule has 0 atom stereocenters. The highest BCUT2D eigenvalue weighted by molar-refractivity contribution is 5.74. The van der Waals surface area contributed by atoms with Crippen LogP contribution in [0.15, 0.2) is 18.3 Å². The van der Waals surface area contributed by atoms with E-state index in [0.29, 0.717) is 5.88 Å². The van der Waals surface area contributed by atoms with Crippen LogP contribution in [-0.4, -0.2) is 21.9 Å². The van der Waals surface area contributed by atoms with Gasteiger partial charge in [-0.3, -0.25) is 4.68 Å². The Morgan fingerprint density at radius 1 is 1.42 bits per heavy atom. The number of ether oxygens (including phenoxy) is 1. The molecule has 2 heterocycles. The van der Waals surface area contributed by atoms with Gasteiger partial charge in [-0.2, -0.15) is 10.1 Å². The van der Waals surface area contributed by atoms with Gasteiger partial charge < -0.3 is 4.74 Å². The van der Waals surface area contributed by atoms with Crippen LogP contribution in [0.4, 0.5) is 0 Å². The van der Waals surface area contributed by atoms with E-state index >= 15 is 0 Å². The van der Waals surface area contributed by atoms with Crippen molar-refractivity contribution in [2.75, 3.05) is 7.11 Å². The van der Waals surface area contributed by atoms with Crippen molar-refractivity contribution in [2.24, 2.45) is 7.05 Å². The Morgan fingerprint density at radius 3 is 3.00 bits per heavy atom. The number of hydrogen-bond acceptors (Lipinski definition) is 3. The van der Waals surface area contributed by atoms with Gasteiger partial charge in [-0.15, -0.1) is 0 Å². The molecule has 4 nitrogen and oxygen atoms in total. The van der Waals surface area contributed by atoms with Gasteiger partial charge in [0, 0.05) is 24.7 Å². The number of nitrogens with zero attached hydrogens (tertiary/aromatic N) is 3. The number of aryl methyl sites for hydroxylation is 1. The average Bonchev–Trinajstić information content (AvgIpc) is 2.43. The maximum Gasteiger partial charge on any atom is 0.215 e. The fourth-order valence-corrected chi connectivity index (χ4v) is 1.12. The van der Waals surface area contributed by atoms with Gasteiger partial charge in [0.2, 0.25) is 5.88 Å². The molecule has 0 aromatic carbocycles. The Balaban J connectivity index is 2.66. The fourth-order valence-electron chi connectivity index (χ4n) is 1.12. The van der Waals surface area contributed by atoms with E-state index in [-0.39, 0.29) is 0 Å². The first-order valence-electron chi connectivity index (χ1n) is 3.64. The maximum atomic E-state index is 4.97. The van der Waals surface area contributed by atoms with Crippen LogP contribution in [0.2, 0.25) is 0 Å². The van der Waals surface area contributed by atoms with Crippen LogP contribution >= 0.6 is 0 Å². The molecular weight excluding hydrogens is 154 g/mol. The third kappa shape index (κ3) is 1.01. The molecule has 0 saturated heterocycles. The topological polar surface area (TPSA) is 39.9 Å². The minimum Gasteiger partial charge on any atom is -0.481 e. The highest BCUT2D eigenvalue weighted by Crippen LogP contribution is 2.13. The normalized spacial score (nSPS) is 10.5. The molecule has 4 heteroatoms. The van der Waals surface area contributed by atoms with Crippen molar-refractivity contribution < 1.29 is 4.74 Å². The summed E-state index contributed by atoms with van der Waals surface area (Å²) >= 11 is 0. The zero-order valence-electron chi connectivity index (χ0n) is 6.98. The number of pyridine rings is 1. The van der Waals surface area contributed by atoms with Crippen LogP contribution in [0, 0.1) is 0 Å². The van der Waals surface area contributed by atoms with Gasteiger partial charge in [0.05, 0.1) is 7.11 Å². The van der Waals surface area contributed by atoms with E-state index in [0.717, 1.165) is 11.0 Å². The molecule has 2 aromatic rings. The van der Waals surface area contributed by atoms with E-state index in [1.807, 2.05) is 25.4 Å². The smallest absolute Gasteiger partial charge is 0.215 e. The summed E-state index contributed by atoms with van der Waals surface area (Å²) in [6.45, 7) is 0. The summed E-state index contributed by atoms with van der Waals surface area (Å²) in [6, 6.07) is 3.76. The molecule has 0 radical (unpaired) electrons. The van der Waals surface area contributed by atoms with Crippen molar-refractivity contribution in [1.29, 1.82) is 0 Å². The fraction of sp³-hybridized carbons (Fsp3) is 0.250. The molecule has 62 valence electrons. The van der Waals surface area contributed by atoms with Crippen molar-refractivity contribution in [1.82, 2.24) is 14.8 Å². The molecule has 2 aromatic heterocycles. The first-order valence-corrected chi connectivity index (χ1v) is 3.64. The van der Waals surface area contributed by atoms with Crippen LogP contribution < -0.4 is 4.74 Å². The third-order valence-electron chi connectivity index (χ3n) is 1.67. The Morgan fingerprint density at radius 2 is 2.25 bits per heavy atom. The number of fused-ring (bicyclic) bond motifs is 1. The predicted molar refractivity (Wildman–Crippen MR) is 45.1 cm³/mol. The average molecular weight is 163 g/mol. The first kappa shape index (κ1) is 7.09. The van der Waals surface area contributed by atoms with Crippen molar-refractivity contribution in [2.45, 2.75) is 0 Å². The molecular formula is C8H9N3O. The Hall–Kier alpha value is -1.58. The number of methoxy groups -OCH3 is 1. The zero-order valence-corrected chi connectivity index (χ0v) is 6.98. The van der Waals surface area contributed by atoms with E-state index in [4.69, 9.17) is 4.74 Å². The second-order valence-corrected chi connectivity index (χ2v) is 2.57. The van der Waals surface area contributed by atoms with Gasteiger partial charge in [-0.1, -0.05) is 0 Å². The van der Waals surface area contributed by atoms with Gasteiger partial charge in [-0.05, 0) is 6.07 Å². The largest absolute Gasteiger partial charge is 0.481 e. The van der Waals surface area contributed by atoms with Crippen LogP contribution in [0.1, 0.15) is 0 Å². The Bertz CT molecular complexity index is 408. The van der Waals surface area contributed by atoms with Crippen molar-refractivity contribution in [3.63, 3.8) is 0 Å². The lowest BCUT2D eigenvalue weighted by Gasteiger charge is -1.94. The summed E-state index contributed by atoms with van der Waals surface area (Å²) < 4.78 is 6.70.